The lowest BCUT2D eigenvalue weighted by molar-refractivity contribution is -0.141. The van der Waals surface area contributed by atoms with Gasteiger partial charge < -0.3 is 10.5 Å². The van der Waals surface area contributed by atoms with Crippen molar-refractivity contribution < 1.29 is 18.7 Å². The van der Waals surface area contributed by atoms with Crippen LogP contribution >= 0.6 is 0 Å². The van der Waals surface area contributed by atoms with Crippen LogP contribution in [0.25, 0.3) is 0 Å². The van der Waals surface area contributed by atoms with Gasteiger partial charge in [-0.2, -0.15) is 0 Å². The largest absolute Gasteiger partial charge is 0.457 e. The minimum atomic E-state index is -0.869. The van der Waals surface area contributed by atoms with E-state index < -0.39 is 41.0 Å². The Morgan fingerprint density at radius 3 is 2.29 bits per heavy atom. The van der Waals surface area contributed by atoms with Crippen LogP contribution < -0.4 is 17.0 Å². The molecule has 2 N–H and O–H groups in total. The highest BCUT2D eigenvalue weighted by molar-refractivity contribution is 6.01. The Labute approximate surface area is 176 Å². The first-order valence-electron chi connectivity index (χ1n) is 9.34. The van der Waals surface area contributed by atoms with Gasteiger partial charge in [0.2, 0.25) is 5.78 Å². The number of ketones is 1. The molecule has 8 nitrogen and oxygen atoms in total. The average molecular weight is 425 g/mol. The van der Waals surface area contributed by atoms with Gasteiger partial charge in [-0.3, -0.25) is 23.5 Å². The summed E-state index contributed by atoms with van der Waals surface area (Å²) in [6.45, 7) is -0.659. The number of esters is 1. The maximum absolute atomic E-state index is 12.9. The fourth-order valence-corrected chi connectivity index (χ4v) is 3.00. The minimum absolute atomic E-state index is 0.0598. The zero-order valence-electron chi connectivity index (χ0n) is 16.7. The molecule has 0 radical (unpaired) electrons. The third-order valence-corrected chi connectivity index (χ3v) is 4.67. The maximum Gasteiger partial charge on any atom is 0.332 e. The van der Waals surface area contributed by atoms with Gasteiger partial charge in [-0.1, -0.05) is 42.5 Å². The van der Waals surface area contributed by atoms with Crippen molar-refractivity contribution in [1.82, 2.24) is 9.13 Å². The van der Waals surface area contributed by atoms with Crippen LogP contribution in [0, 0.1) is 5.82 Å². The van der Waals surface area contributed by atoms with E-state index in [1.807, 2.05) is 6.07 Å². The van der Waals surface area contributed by atoms with Crippen LogP contribution in [0.2, 0.25) is 0 Å². The third-order valence-electron chi connectivity index (χ3n) is 4.67. The van der Waals surface area contributed by atoms with Crippen molar-refractivity contribution >= 4 is 17.6 Å². The van der Waals surface area contributed by atoms with Gasteiger partial charge in [-0.05, 0) is 23.3 Å². The van der Waals surface area contributed by atoms with Crippen molar-refractivity contribution in [2.75, 3.05) is 12.3 Å². The van der Waals surface area contributed by atoms with Crippen LogP contribution in [0.3, 0.4) is 0 Å². The zero-order valence-corrected chi connectivity index (χ0v) is 16.7. The number of carbonyl (C=O) groups is 2. The molecule has 160 valence electrons. The molecule has 1 aromatic heterocycles. The normalized spacial score (nSPS) is 10.6. The molecular weight excluding hydrogens is 405 g/mol. The Morgan fingerprint density at radius 2 is 1.65 bits per heavy atom. The molecule has 2 aromatic carbocycles. The smallest absolute Gasteiger partial charge is 0.332 e. The predicted octanol–water partition coefficient (Wildman–Crippen LogP) is 1.29. The van der Waals surface area contributed by atoms with Gasteiger partial charge in [0, 0.05) is 7.05 Å². The number of benzene rings is 2. The number of ether oxygens (including phenoxy) is 1. The molecule has 0 bridgehead atoms. The lowest BCUT2D eigenvalue weighted by Gasteiger charge is -2.14. The van der Waals surface area contributed by atoms with E-state index in [2.05, 4.69) is 0 Å². The van der Waals surface area contributed by atoms with E-state index in [4.69, 9.17) is 10.5 Å². The molecule has 0 aliphatic heterocycles. The van der Waals surface area contributed by atoms with E-state index in [0.29, 0.717) is 5.56 Å². The molecule has 0 aliphatic carbocycles. The molecule has 0 spiro atoms. The number of hydrogen-bond donors (Lipinski definition) is 1. The second kappa shape index (κ2) is 9.21. The lowest BCUT2D eigenvalue weighted by Crippen LogP contribution is -2.43. The highest BCUT2D eigenvalue weighted by Gasteiger charge is 2.22. The van der Waals surface area contributed by atoms with E-state index in [1.165, 1.54) is 31.3 Å². The monoisotopic (exact) mass is 425 g/mol. The third kappa shape index (κ3) is 4.95. The Bertz CT molecular complexity index is 1230. The maximum atomic E-state index is 12.9. The average Bonchev–Trinajstić information content (AvgIpc) is 2.76. The Morgan fingerprint density at radius 1 is 1.00 bits per heavy atom. The molecule has 0 unspecified atom stereocenters. The summed E-state index contributed by atoms with van der Waals surface area (Å²) in [6.07, 6.45) is -0.172. The van der Waals surface area contributed by atoms with E-state index in [1.54, 1.807) is 24.3 Å². The fourth-order valence-electron chi connectivity index (χ4n) is 3.00. The van der Waals surface area contributed by atoms with E-state index in [0.717, 1.165) is 14.7 Å². The molecule has 0 saturated carbocycles. The SMILES string of the molecule is Cn1c(=O)c(C(=O)COC(=O)Cc2ccc(F)cc2)c(N)n(Cc2ccccc2)c1=O. The summed E-state index contributed by atoms with van der Waals surface area (Å²) < 4.78 is 19.8. The Balaban J connectivity index is 1.80. The van der Waals surface area contributed by atoms with Gasteiger partial charge in [0.05, 0.1) is 13.0 Å². The zero-order chi connectivity index (χ0) is 22.5. The molecule has 9 heteroatoms. The number of rotatable bonds is 7. The number of Topliss-reactive ketones (excluding diaryl/α,β-unsaturated/α-hetero) is 1. The minimum Gasteiger partial charge on any atom is -0.457 e. The first-order valence-corrected chi connectivity index (χ1v) is 9.34. The molecule has 0 atom stereocenters. The summed E-state index contributed by atoms with van der Waals surface area (Å²) in [5, 5.41) is 0. The number of aromatic nitrogens is 2. The van der Waals surface area contributed by atoms with Crippen molar-refractivity contribution in [3.8, 4) is 0 Å². The summed E-state index contributed by atoms with van der Waals surface area (Å²) in [6, 6.07) is 14.2. The molecule has 0 fully saturated rings. The Kier molecular flexibility index (Phi) is 6.44. The molecule has 0 amide bonds. The highest BCUT2D eigenvalue weighted by atomic mass is 19.1. The number of anilines is 1. The number of nitrogens with two attached hydrogens (primary N) is 1. The molecular formula is C22H20FN3O5. The van der Waals surface area contributed by atoms with Gasteiger partial charge in [0.15, 0.2) is 6.61 Å². The second-order valence-corrected chi connectivity index (χ2v) is 6.87. The number of nitrogens with zero attached hydrogens (tertiary/aromatic N) is 2. The number of nitrogen functional groups attached to an aromatic ring is 1. The van der Waals surface area contributed by atoms with Crippen LogP contribution in [0.4, 0.5) is 10.2 Å². The molecule has 1 heterocycles. The summed E-state index contributed by atoms with van der Waals surface area (Å²) in [7, 11) is 1.24. The summed E-state index contributed by atoms with van der Waals surface area (Å²) >= 11 is 0. The highest BCUT2D eigenvalue weighted by Crippen LogP contribution is 2.10. The lowest BCUT2D eigenvalue weighted by atomic mass is 10.1. The van der Waals surface area contributed by atoms with Gasteiger partial charge in [0.25, 0.3) is 5.56 Å². The van der Waals surface area contributed by atoms with Crippen molar-refractivity contribution in [1.29, 1.82) is 0 Å². The molecule has 31 heavy (non-hydrogen) atoms. The van der Waals surface area contributed by atoms with E-state index >= 15 is 0 Å². The van der Waals surface area contributed by atoms with Crippen molar-refractivity contribution in [3.63, 3.8) is 0 Å². The molecule has 3 rings (SSSR count). The van der Waals surface area contributed by atoms with Crippen molar-refractivity contribution in [3.05, 3.63) is 97.9 Å². The summed E-state index contributed by atoms with van der Waals surface area (Å²) in [4.78, 5) is 49.6. The van der Waals surface area contributed by atoms with E-state index in [-0.39, 0.29) is 18.8 Å². The summed E-state index contributed by atoms with van der Waals surface area (Å²) in [5.41, 5.74) is 5.29. The van der Waals surface area contributed by atoms with Crippen LogP contribution in [0.5, 0.6) is 0 Å². The molecule has 3 aromatic rings. The fraction of sp³-hybridized carbons (Fsp3) is 0.182. The van der Waals surface area contributed by atoms with Crippen LogP contribution in [-0.2, 0) is 29.5 Å². The summed E-state index contributed by atoms with van der Waals surface area (Å²) in [5.74, 6) is -2.29. The van der Waals surface area contributed by atoms with Crippen molar-refractivity contribution in [2.45, 2.75) is 13.0 Å². The second-order valence-electron chi connectivity index (χ2n) is 6.87. The molecule has 0 saturated heterocycles. The Hall–Kier alpha value is -4.01. The number of carbonyl (C=O) groups excluding carboxylic acids is 2. The molecule has 0 aliphatic rings. The standard InChI is InChI=1S/C22H20FN3O5/c1-25-21(29)19(20(24)26(22(25)30)12-15-5-3-2-4-6-15)17(27)13-31-18(28)11-14-7-9-16(23)10-8-14/h2-10H,11-13,24H2,1H3. The first-order chi connectivity index (χ1) is 14.8. The number of hydrogen-bond acceptors (Lipinski definition) is 6. The number of halogens is 1. The van der Waals surface area contributed by atoms with Gasteiger partial charge in [-0.15, -0.1) is 0 Å². The van der Waals surface area contributed by atoms with Gasteiger partial charge in [0.1, 0.15) is 17.2 Å². The van der Waals surface area contributed by atoms with Crippen molar-refractivity contribution in [2.24, 2.45) is 7.05 Å². The van der Waals surface area contributed by atoms with Gasteiger partial charge in [-0.25, -0.2) is 9.18 Å². The van der Waals surface area contributed by atoms with Crippen LogP contribution in [0.15, 0.2) is 64.2 Å². The van der Waals surface area contributed by atoms with Crippen LogP contribution in [0.1, 0.15) is 21.5 Å². The first kappa shape index (κ1) is 21.7. The van der Waals surface area contributed by atoms with E-state index in [9.17, 15) is 23.6 Å². The quantitative estimate of drug-likeness (QED) is 0.451. The van der Waals surface area contributed by atoms with Gasteiger partial charge >= 0.3 is 11.7 Å². The predicted molar refractivity (Wildman–Crippen MR) is 111 cm³/mol. The van der Waals surface area contributed by atoms with Crippen LogP contribution in [-0.4, -0.2) is 27.5 Å². The topological polar surface area (TPSA) is 113 Å².